The van der Waals surface area contributed by atoms with Crippen molar-refractivity contribution in [2.75, 3.05) is 0 Å². The van der Waals surface area contributed by atoms with Gasteiger partial charge in [0.25, 0.3) is 0 Å². The lowest BCUT2D eigenvalue weighted by molar-refractivity contribution is -0.137. The van der Waals surface area contributed by atoms with Crippen LogP contribution in [0.25, 0.3) is 0 Å². The normalized spacial score (nSPS) is 12.0. The minimum Gasteiger partial charge on any atom is -0.481 e. The molecule has 0 aromatic carbocycles. The fourth-order valence-corrected chi connectivity index (χ4v) is 3.18. The van der Waals surface area contributed by atoms with Gasteiger partial charge in [0.05, 0.1) is 0 Å². The third-order valence-corrected chi connectivity index (χ3v) is 4.98. The second kappa shape index (κ2) is 23.7. The molecule has 28 heavy (non-hydrogen) atoms. The predicted molar refractivity (Wildman–Crippen MR) is 124 cm³/mol. The average Bonchev–Trinajstić information content (AvgIpc) is 2.68. The minimum atomic E-state index is -0.697. The summed E-state index contributed by atoms with van der Waals surface area (Å²) in [5, 5.41) is 8.55. The van der Waals surface area contributed by atoms with Crippen LogP contribution >= 0.6 is 0 Å². The molecule has 0 rings (SSSR count). The van der Waals surface area contributed by atoms with E-state index >= 15 is 0 Å². The Kier molecular flexibility index (Phi) is 22.6. The van der Waals surface area contributed by atoms with Gasteiger partial charge in [0.15, 0.2) is 0 Å². The fourth-order valence-electron chi connectivity index (χ4n) is 3.18. The van der Waals surface area contributed by atoms with Crippen LogP contribution in [0.3, 0.4) is 0 Å². The third kappa shape index (κ3) is 24.7. The van der Waals surface area contributed by atoms with Gasteiger partial charge in [-0.1, -0.05) is 94.7 Å². The SMILES string of the molecule is CCCC/C=C\CCCCCCCCCC/C=C\CC/C=C\CCCC(=O)O. The van der Waals surface area contributed by atoms with Crippen LogP contribution in [-0.2, 0) is 4.79 Å². The molecule has 0 heterocycles. The molecule has 0 bridgehead atoms. The van der Waals surface area contributed by atoms with Crippen molar-refractivity contribution in [3.05, 3.63) is 36.5 Å². The first-order valence-corrected chi connectivity index (χ1v) is 11.9. The fraction of sp³-hybridized carbons (Fsp3) is 0.731. The largest absolute Gasteiger partial charge is 0.481 e. The highest BCUT2D eigenvalue weighted by Crippen LogP contribution is 2.11. The number of hydrogen-bond donors (Lipinski definition) is 1. The van der Waals surface area contributed by atoms with E-state index < -0.39 is 5.97 Å². The zero-order valence-electron chi connectivity index (χ0n) is 18.5. The number of carboxylic acid groups (broad SMARTS) is 1. The summed E-state index contributed by atoms with van der Waals surface area (Å²) in [5.41, 5.74) is 0. The summed E-state index contributed by atoms with van der Waals surface area (Å²) in [4.78, 5) is 10.4. The molecule has 0 aromatic heterocycles. The Morgan fingerprint density at radius 1 is 0.536 bits per heavy atom. The molecule has 2 heteroatoms. The Labute approximate surface area is 175 Å². The highest BCUT2D eigenvalue weighted by Gasteiger charge is 1.93. The molecular formula is C26H46O2. The monoisotopic (exact) mass is 390 g/mol. The number of hydrogen-bond acceptors (Lipinski definition) is 1. The second-order valence-corrected chi connectivity index (χ2v) is 7.83. The van der Waals surface area contributed by atoms with Crippen molar-refractivity contribution >= 4 is 5.97 Å². The van der Waals surface area contributed by atoms with Crippen molar-refractivity contribution in [2.45, 2.75) is 122 Å². The number of allylic oxidation sites excluding steroid dienone is 6. The summed E-state index contributed by atoms with van der Waals surface area (Å²) >= 11 is 0. The van der Waals surface area contributed by atoms with Crippen LogP contribution in [0.15, 0.2) is 36.5 Å². The lowest BCUT2D eigenvalue weighted by Crippen LogP contribution is -1.92. The molecule has 0 atom stereocenters. The van der Waals surface area contributed by atoms with Crippen LogP contribution in [0.4, 0.5) is 0 Å². The number of carbonyl (C=O) groups is 1. The first-order valence-electron chi connectivity index (χ1n) is 11.9. The Morgan fingerprint density at radius 2 is 0.893 bits per heavy atom. The highest BCUT2D eigenvalue weighted by molar-refractivity contribution is 5.66. The molecule has 162 valence electrons. The third-order valence-electron chi connectivity index (χ3n) is 4.98. The zero-order chi connectivity index (χ0) is 20.5. The van der Waals surface area contributed by atoms with Gasteiger partial charge in [-0.25, -0.2) is 0 Å². The van der Waals surface area contributed by atoms with E-state index in [2.05, 4.69) is 43.4 Å². The zero-order valence-corrected chi connectivity index (χ0v) is 18.5. The Bertz CT molecular complexity index is 407. The van der Waals surface area contributed by atoms with Crippen molar-refractivity contribution < 1.29 is 9.90 Å². The first-order chi connectivity index (χ1) is 13.8. The molecule has 0 unspecified atom stereocenters. The van der Waals surface area contributed by atoms with Gasteiger partial charge in [-0.2, -0.15) is 0 Å². The van der Waals surface area contributed by atoms with Crippen molar-refractivity contribution in [3.63, 3.8) is 0 Å². The summed E-state index contributed by atoms with van der Waals surface area (Å²) in [6.45, 7) is 2.25. The van der Waals surface area contributed by atoms with E-state index in [-0.39, 0.29) is 6.42 Å². The average molecular weight is 391 g/mol. The van der Waals surface area contributed by atoms with Crippen molar-refractivity contribution in [3.8, 4) is 0 Å². The molecule has 0 aliphatic heterocycles. The molecule has 2 nitrogen and oxygen atoms in total. The summed E-state index contributed by atoms with van der Waals surface area (Å²) in [5.74, 6) is -0.697. The standard InChI is InChI=1S/C26H46O2/c1-2-3-4-5-6-7-8-9-10-11-12-13-14-15-16-17-18-19-20-21-22-23-24-25-26(27)28/h5-6,17-18,21-22H,2-4,7-16,19-20,23-25H2,1H3,(H,27,28)/b6-5-,18-17-,22-21-. The van der Waals surface area contributed by atoms with E-state index in [1.54, 1.807) is 0 Å². The van der Waals surface area contributed by atoms with Gasteiger partial charge < -0.3 is 5.11 Å². The van der Waals surface area contributed by atoms with Crippen LogP contribution in [0, 0.1) is 0 Å². The van der Waals surface area contributed by atoms with Crippen LogP contribution in [0.5, 0.6) is 0 Å². The molecule has 0 fully saturated rings. The van der Waals surface area contributed by atoms with Gasteiger partial charge in [-0.15, -0.1) is 0 Å². The quantitative estimate of drug-likeness (QED) is 0.157. The Hall–Kier alpha value is -1.31. The number of aliphatic carboxylic acids is 1. The molecule has 0 aliphatic rings. The smallest absolute Gasteiger partial charge is 0.303 e. The second-order valence-electron chi connectivity index (χ2n) is 7.83. The topological polar surface area (TPSA) is 37.3 Å². The molecule has 0 aromatic rings. The van der Waals surface area contributed by atoms with E-state index in [1.165, 1.54) is 83.5 Å². The van der Waals surface area contributed by atoms with Gasteiger partial charge in [0.1, 0.15) is 0 Å². The minimum absolute atomic E-state index is 0.279. The molecule has 1 N–H and O–H groups in total. The number of carboxylic acids is 1. The maximum atomic E-state index is 10.4. The molecule has 0 amide bonds. The van der Waals surface area contributed by atoms with Crippen molar-refractivity contribution in [1.29, 1.82) is 0 Å². The molecular weight excluding hydrogens is 344 g/mol. The van der Waals surface area contributed by atoms with Crippen LogP contribution in [-0.4, -0.2) is 11.1 Å². The lowest BCUT2D eigenvalue weighted by atomic mass is 10.1. The van der Waals surface area contributed by atoms with E-state index in [0.29, 0.717) is 0 Å². The summed E-state index contributed by atoms with van der Waals surface area (Å²) in [6, 6.07) is 0. The van der Waals surface area contributed by atoms with Crippen LogP contribution in [0.2, 0.25) is 0 Å². The Morgan fingerprint density at radius 3 is 1.32 bits per heavy atom. The maximum absolute atomic E-state index is 10.4. The van der Waals surface area contributed by atoms with E-state index in [1.807, 2.05) is 0 Å². The highest BCUT2D eigenvalue weighted by atomic mass is 16.4. The summed E-state index contributed by atoms with van der Waals surface area (Å²) in [7, 11) is 0. The van der Waals surface area contributed by atoms with Gasteiger partial charge >= 0.3 is 5.97 Å². The van der Waals surface area contributed by atoms with E-state index in [0.717, 1.165) is 25.7 Å². The van der Waals surface area contributed by atoms with Gasteiger partial charge in [0, 0.05) is 6.42 Å². The summed E-state index contributed by atoms with van der Waals surface area (Å²) in [6.07, 6.45) is 35.2. The molecule has 0 radical (unpaired) electrons. The van der Waals surface area contributed by atoms with Gasteiger partial charge in [-0.3, -0.25) is 4.79 Å². The van der Waals surface area contributed by atoms with Crippen LogP contribution < -0.4 is 0 Å². The predicted octanol–water partition coefficient (Wildman–Crippen LogP) is 8.78. The maximum Gasteiger partial charge on any atom is 0.303 e. The number of unbranched alkanes of at least 4 members (excludes halogenated alkanes) is 13. The molecule has 0 saturated heterocycles. The van der Waals surface area contributed by atoms with Gasteiger partial charge in [0.2, 0.25) is 0 Å². The van der Waals surface area contributed by atoms with Gasteiger partial charge in [-0.05, 0) is 57.8 Å². The summed E-state index contributed by atoms with van der Waals surface area (Å²) < 4.78 is 0. The van der Waals surface area contributed by atoms with E-state index in [9.17, 15) is 4.79 Å². The van der Waals surface area contributed by atoms with Crippen LogP contribution in [0.1, 0.15) is 122 Å². The Balaban J connectivity index is 3.18. The first kappa shape index (κ1) is 26.7. The number of rotatable bonds is 21. The molecule has 0 saturated carbocycles. The molecule has 0 spiro atoms. The van der Waals surface area contributed by atoms with Crippen molar-refractivity contribution in [1.82, 2.24) is 0 Å². The lowest BCUT2D eigenvalue weighted by Gasteiger charge is -2.01. The van der Waals surface area contributed by atoms with E-state index in [4.69, 9.17) is 5.11 Å². The van der Waals surface area contributed by atoms with Crippen molar-refractivity contribution in [2.24, 2.45) is 0 Å². The molecule has 0 aliphatic carbocycles.